The van der Waals surface area contributed by atoms with Crippen LogP contribution in [0.1, 0.15) is 59.8 Å². The number of hydrogen-bond acceptors (Lipinski definition) is 1. The maximum Gasteiger partial charge on any atom is 0.00952 e. The molecule has 1 nitrogen and oxygen atoms in total. The predicted molar refractivity (Wildman–Crippen MR) is 68.1 cm³/mol. The normalized spacial score (nSPS) is 24.6. The van der Waals surface area contributed by atoms with Gasteiger partial charge in [-0.1, -0.05) is 34.1 Å². The first-order chi connectivity index (χ1) is 7.27. The summed E-state index contributed by atoms with van der Waals surface area (Å²) >= 11 is 0. The third-order valence-corrected chi connectivity index (χ3v) is 4.11. The van der Waals surface area contributed by atoms with E-state index in [1.165, 1.54) is 45.2 Å². The summed E-state index contributed by atoms with van der Waals surface area (Å²) in [6, 6.07) is 0.980. The minimum atomic E-state index is 0.906. The molecule has 0 bridgehead atoms. The van der Waals surface area contributed by atoms with E-state index in [0.29, 0.717) is 0 Å². The third kappa shape index (κ3) is 3.48. The number of rotatable bonds is 2. The van der Waals surface area contributed by atoms with E-state index < -0.39 is 0 Å². The van der Waals surface area contributed by atoms with Crippen LogP contribution in [0.2, 0.25) is 0 Å². The van der Waals surface area contributed by atoms with Gasteiger partial charge in [0.05, 0.1) is 0 Å². The van der Waals surface area contributed by atoms with Crippen molar-refractivity contribution >= 4 is 0 Å². The van der Waals surface area contributed by atoms with Crippen molar-refractivity contribution in [2.75, 3.05) is 13.1 Å². The van der Waals surface area contributed by atoms with Crippen LogP contribution in [-0.4, -0.2) is 24.0 Å². The van der Waals surface area contributed by atoms with Crippen molar-refractivity contribution in [1.82, 2.24) is 4.90 Å². The summed E-state index contributed by atoms with van der Waals surface area (Å²) in [7, 11) is 0. The van der Waals surface area contributed by atoms with Crippen LogP contribution in [-0.2, 0) is 0 Å². The van der Waals surface area contributed by atoms with E-state index in [1.54, 1.807) is 0 Å². The molecule has 2 rings (SSSR count). The molecule has 2 aliphatic rings. The Labute approximate surface area is 96.2 Å². The average Bonchev–Trinajstić information content (AvgIpc) is 2.19. The Bertz CT molecular complexity index is 153. The van der Waals surface area contributed by atoms with Gasteiger partial charge in [-0.05, 0) is 50.6 Å². The highest BCUT2D eigenvalue weighted by molar-refractivity contribution is 4.84. The first-order valence-electron chi connectivity index (χ1n) is 7.01. The van der Waals surface area contributed by atoms with Crippen molar-refractivity contribution in [1.29, 1.82) is 0 Å². The first kappa shape index (κ1) is 13.0. The Morgan fingerprint density at radius 3 is 1.80 bits per heavy atom. The molecule has 0 aromatic heterocycles. The van der Waals surface area contributed by atoms with E-state index in [1.807, 2.05) is 13.8 Å². The van der Waals surface area contributed by atoms with Gasteiger partial charge in [0.2, 0.25) is 0 Å². The van der Waals surface area contributed by atoms with Crippen LogP contribution in [0.25, 0.3) is 0 Å². The van der Waals surface area contributed by atoms with Crippen LogP contribution >= 0.6 is 0 Å². The lowest BCUT2D eigenvalue weighted by atomic mass is 9.84. The van der Waals surface area contributed by atoms with Crippen molar-refractivity contribution in [2.24, 2.45) is 11.8 Å². The molecule has 0 N–H and O–H groups in total. The highest BCUT2D eigenvalue weighted by Crippen LogP contribution is 2.31. The van der Waals surface area contributed by atoms with Gasteiger partial charge in [-0.15, -0.1) is 0 Å². The van der Waals surface area contributed by atoms with Crippen molar-refractivity contribution in [3.05, 3.63) is 0 Å². The van der Waals surface area contributed by atoms with Crippen molar-refractivity contribution in [3.63, 3.8) is 0 Å². The molecule has 1 heteroatoms. The van der Waals surface area contributed by atoms with Gasteiger partial charge in [-0.2, -0.15) is 0 Å². The Morgan fingerprint density at radius 1 is 0.933 bits per heavy atom. The minimum absolute atomic E-state index is 0.906. The van der Waals surface area contributed by atoms with Crippen molar-refractivity contribution in [2.45, 2.75) is 65.8 Å². The van der Waals surface area contributed by atoms with E-state index in [9.17, 15) is 0 Å². The zero-order valence-electron chi connectivity index (χ0n) is 11.1. The van der Waals surface area contributed by atoms with Crippen molar-refractivity contribution < 1.29 is 0 Å². The Hall–Kier alpha value is -0.0400. The molecule has 15 heavy (non-hydrogen) atoms. The molecule has 0 radical (unpaired) electrons. The summed E-state index contributed by atoms with van der Waals surface area (Å²) in [6.07, 6.45) is 7.34. The highest BCUT2D eigenvalue weighted by Gasteiger charge is 2.29. The molecular formula is C14H29N. The number of likely N-dealkylation sites (tertiary alicyclic amines) is 1. The average molecular weight is 211 g/mol. The largest absolute Gasteiger partial charge is 0.300 e. The Balaban J connectivity index is 0.000000531. The molecule has 0 aromatic rings. The number of piperidine rings is 1. The van der Waals surface area contributed by atoms with Crippen LogP contribution in [0, 0.1) is 11.8 Å². The maximum atomic E-state index is 2.74. The minimum Gasteiger partial charge on any atom is -0.300 e. The Morgan fingerprint density at radius 2 is 1.47 bits per heavy atom. The van der Waals surface area contributed by atoms with Gasteiger partial charge in [0.15, 0.2) is 0 Å². The van der Waals surface area contributed by atoms with E-state index >= 15 is 0 Å². The monoisotopic (exact) mass is 211 g/mol. The van der Waals surface area contributed by atoms with Crippen molar-refractivity contribution in [3.8, 4) is 0 Å². The summed E-state index contributed by atoms with van der Waals surface area (Å²) < 4.78 is 0. The van der Waals surface area contributed by atoms with Gasteiger partial charge < -0.3 is 4.90 Å². The Kier molecular flexibility index (Phi) is 5.66. The highest BCUT2D eigenvalue weighted by atomic mass is 15.2. The lowest BCUT2D eigenvalue weighted by Gasteiger charge is -2.42. The third-order valence-electron chi connectivity index (χ3n) is 4.11. The SMILES string of the molecule is CC.CC(C)C1CCN(C2CCC2)CC1. The molecule has 1 aliphatic carbocycles. The molecule has 1 saturated heterocycles. The van der Waals surface area contributed by atoms with E-state index in [-0.39, 0.29) is 0 Å². The second kappa shape index (κ2) is 6.52. The van der Waals surface area contributed by atoms with E-state index in [0.717, 1.165) is 17.9 Å². The summed E-state index contributed by atoms with van der Waals surface area (Å²) in [5.41, 5.74) is 0. The smallest absolute Gasteiger partial charge is 0.00952 e. The van der Waals surface area contributed by atoms with Gasteiger partial charge in [-0.25, -0.2) is 0 Å². The van der Waals surface area contributed by atoms with Crippen LogP contribution in [0.3, 0.4) is 0 Å². The maximum absolute atomic E-state index is 2.74. The van der Waals surface area contributed by atoms with Gasteiger partial charge in [0, 0.05) is 6.04 Å². The molecular weight excluding hydrogens is 182 g/mol. The molecule has 0 atom stereocenters. The van der Waals surface area contributed by atoms with Gasteiger partial charge in [0.25, 0.3) is 0 Å². The molecule has 1 heterocycles. The molecule has 0 aromatic carbocycles. The summed E-state index contributed by atoms with van der Waals surface area (Å²) in [5.74, 6) is 1.92. The van der Waals surface area contributed by atoms with Gasteiger partial charge in [0.1, 0.15) is 0 Å². The number of hydrogen-bond donors (Lipinski definition) is 0. The van der Waals surface area contributed by atoms with Crippen LogP contribution in [0.4, 0.5) is 0 Å². The molecule has 0 amide bonds. The fraction of sp³-hybridized carbons (Fsp3) is 1.00. The van der Waals surface area contributed by atoms with Gasteiger partial charge in [-0.3, -0.25) is 0 Å². The van der Waals surface area contributed by atoms with Crippen LogP contribution in [0.5, 0.6) is 0 Å². The quantitative estimate of drug-likeness (QED) is 0.669. The summed E-state index contributed by atoms with van der Waals surface area (Å²) in [4.78, 5) is 2.74. The molecule has 2 fully saturated rings. The lowest BCUT2D eigenvalue weighted by Crippen LogP contribution is -2.45. The second-order valence-electron chi connectivity index (χ2n) is 5.20. The molecule has 1 aliphatic heterocycles. The van der Waals surface area contributed by atoms with E-state index in [4.69, 9.17) is 0 Å². The number of nitrogens with zero attached hydrogens (tertiary/aromatic N) is 1. The molecule has 90 valence electrons. The zero-order chi connectivity index (χ0) is 11.3. The standard InChI is InChI=1S/C12H23N.C2H6/c1-10(2)11-6-8-13(9-7-11)12-4-3-5-12;1-2/h10-12H,3-9H2,1-2H3;1-2H3. The van der Waals surface area contributed by atoms with Crippen LogP contribution < -0.4 is 0 Å². The zero-order valence-corrected chi connectivity index (χ0v) is 11.1. The predicted octanol–water partition coefficient (Wildman–Crippen LogP) is 3.93. The lowest BCUT2D eigenvalue weighted by molar-refractivity contribution is 0.0738. The molecule has 0 unspecified atom stereocenters. The molecule has 1 saturated carbocycles. The fourth-order valence-corrected chi connectivity index (χ4v) is 2.70. The molecule has 0 spiro atoms. The van der Waals surface area contributed by atoms with Gasteiger partial charge >= 0.3 is 0 Å². The summed E-state index contributed by atoms with van der Waals surface area (Å²) in [6.45, 7) is 11.5. The fourth-order valence-electron chi connectivity index (χ4n) is 2.70. The summed E-state index contributed by atoms with van der Waals surface area (Å²) in [5, 5.41) is 0. The topological polar surface area (TPSA) is 3.24 Å². The van der Waals surface area contributed by atoms with E-state index in [2.05, 4.69) is 18.7 Å². The first-order valence-corrected chi connectivity index (χ1v) is 7.01. The second-order valence-corrected chi connectivity index (χ2v) is 5.20. The van der Waals surface area contributed by atoms with Crippen LogP contribution in [0.15, 0.2) is 0 Å².